The topological polar surface area (TPSA) is 110 Å². The van der Waals surface area contributed by atoms with Gasteiger partial charge in [0.15, 0.2) is 0 Å². The number of ether oxygens (including phenoxy) is 1. The lowest BCUT2D eigenvalue weighted by molar-refractivity contribution is -0.127. The molecule has 1 unspecified atom stereocenters. The number of aromatic nitrogens is 3. The average molecular weight is 359 g/mol. The molecule has 0 radical (unpaired) electrons. The highest BCUT2D eigenvalue weighted by atomic mass is 16.5. The molecular formula is C17H21N5O4. The maximum Gasteiger partial charge on any atom is 0.324 e. The number of imide groups is 1. The summed E-state index contributed by atoms with van der Waals surface area (Å²) in [5, 5.41) is 19.4. The van der Waals surface area contributed by atoms with Gasteiger partial charge in [-0.2, -0.15) is 0 Å². The first-order valence-electron chi connectivity index (χ1n) is 8.47. The van der Waals surface area contributed by atoms with Crippen molar-refractivity contribution in [3.63, 3.8) is 0 Å². The van der Waals surface area contributed by atoms with Crippen molar-refractivity contribution in [3.8, 4) is 5.75 Å². The lowest BCUT2D eigenvalue weighted by Gasteiger charge is -2.13. The van der Waals surface area contributed by atoms with E-state index in [9.17, 15) is 9.59 Å². The summed E-state index contributed by atoms with van der Waals surface area (Å²) in [4.78, 5) is 25.7. The first kappa shape index (κ1) is 17.9. The molecule has 1 aromatic heterocycles. The molecule has 1 aromatic carbocycles. The normalized spacial score (nSPS) is 16.8. The molecule has 0 aliphatic carbocycles. The second-order valence-corrected chi connectivity index (χ2v) is 5.91. The number of rotatable bonds is 9. The number of hydrogen-bond donors (Lipinski definition) is 2. The maximum atomic E-state index is 12.4. The Morgan fingerprint density at radius 1 is 1.19 bits per heavy atom. The summed E-state index contributed by atoms with van der Waals surface area (Å²) >= 11 is 0. The van der Waals surface area contributed by atoms with E-state index in [1.165, 1.54) is 9.58 Å². The fourth-order valence-electron chi connectivity index (χ4n) is 2.71. The molecule has 138 valence electrons. The Balaban J connectivity index is 1.47. The van der Waals surface area contributed by atoms with Gasteiger partial charge in [-0.3, -0.25) is 9.69 Å². The van der Waals surface area contributed by atoms with Crippen molar-refractivity contribution in [2.75, 3.05) is 19.8 Å². The first-order chi connectivity index (χ1) is 12.7. The van der Waals surface area contributed by atoms with Crippen molar-refractivity contribution >= 4 is 11.9 Å². The third-order valence-electron chi connectivity index (χ3n) is 3.97. The lowest BCUT2D eigenvalue weighted by atomic mass is 10.1. The number of aliphatic hydroxyl groups excluding tert-OH is 1. The minimum absolute atomic E-state index is 0.0409. The van der Waals surface area contributed by atoms with Gasteiger partial charge in [0, 0.05) is 19.2 Å². The smallest absolute Gasteiger partial charge is 0.324 e. The molecule has 0 spiro atoms. The average Bonchev–Trinajstić information content (AvgIpc) is 3.19. The molecule has 26 heavy (non-hydrogen) atoms. The first-order valence-corrected chi connectivity index (χ1v) is 8.47. The number of nitrogens with one attached hydrogen (secondary N) is 1. The predicted octanol–water partition coefficient (Wildman–Crippen LogP) is 0.202. The summed E-state index contributed by atoms with van der Waals surface area (Å²) in [5.41, 5.74) is 0.589. The van der Waals surface area contributed by atoms with E-state index in [2.05, 4.69) is 15.6 Å². The summed E-state index contributed by atoms with van der Waals surface area (Å²) in [6.07, 6.45) is 2.48. The summed E-state index contributed by atoms with van der Waals surface area (Å²) in [5.74, 6) is 0.486. The second kappa shape index (κ2) is 8.43. The van der Waals surface area contributed by atoms with E-state index in [4.69, 9.17) is 9.84 Å². The van der Waals surface area contributed by atoms with Crippen LogP contribution in [0.1, 0.15) is 12.1 Å². The van der Waals surface area contributed by atoms with E-state index in [1.54, 1.807) is 6.20 Å². The van der Waals surface area contributed by atoms with Crippen LogP contribution in [-0.2, 0) is 17.8 Å². The fourth-order valence-corrected chi connectivity index (χ4v) is 2.71. The van der Waals surface area contributed by atoms with Gasteiger partial charge in [0.25, 0.3) is 5.91 Å². The molecule has 1 aliphatic heterocycles. The molecule has 2 heterocycles. The van der Waals surface area contributed by atoms with Crippen LogP contribution in [0.5, 0.6) is 5.75 Å². The Kier molecular flexibility index (Phi) is 5.80. The van der Waals surface area contributed by atoms with E-state index in [0.29, 0.717) is 31.8 Å². The van der Waals surface area contributed by atoms with Crippen molar-refractivity contribution in [2.24, 2.45) is 0 Å². The summed E-state index contributed by atoms with van der Waals surface area (Å²) < 4.78 is 7.07. The third-order valence-corrected chi connectivity index (χ3v) is 3.97. The zero-order valence-corrected chi connectivity index (χ0v) is 14.2. The third kappa shape index (κ3) is 4.37. The number of aliphatic hydroxyl groups is 1. The Bertz CT molecular complexity index is 749. The zero-order valence-electron chi connectivity index (χ0n) is 14.2. The number of urea groups is 1. The minimum Gasteiger partial charge on any atom is -0.494 e. The van der Waals surface area contributed by atoms with Gasteiger partial charge in [-0.25, -0.2) is 9.48 Å². The molecule has 1 aliphatic rings. The van der Waals surface area contributed by atoms with Gasteiger partial charge in [-0.1, -0.05) is 23.4 Å². The van der Waals surface area contributed by atoms with Crippen LogP contribution < -0.4 is 10.1 Å². The summed E-state index contributed by atoms with van der Waals surface area (Å²) in [6.45, 7) is 1.01. The van der Waals surface area contributed by atoms with E-state index in [-0.39, 0.29) is 18.9 Å². The summed E-state index contributed by atoms with van der Waals surface area (Å²) in [6, 6.07) is 8.34. The van der Waals surface area contributed by atoms with Crippen molar-refractivity contribution in [1.82, 2.24) is 25.2 Å². The number of benzene rings is 1. The Morgan fingerprint density at radius 3 is 2.77 bits per heavy atom. The van der Waals surface area contributed by atoms with Gasteiger partial charge in [-0.05, 0) is 18.6 Å². The van der Waals surface area contributed by atoms with Crippen LogP contribution >= 0.6 is 0 Å². The number of hydrogen-bond acceptors (Lipinski definition) is 6. The minimum atomic E-state index is -0.642. The second-order valence-electron chi connectivity index (χ2n) is 5.91. The van der Waals surface area contributed by atoms with Gasteiger partial charge in [-0.15, -0.1) is 5.10 Å². The molecule has 1 atom stereocenters. The van der Waals surface area contributed by atoms with Crippen molar-refractivity contribution in [1.29, 1.82) is 0 Å². The molecule has 3 rings (SSSR count). The highest BCUT2D eigenvalue weighted by molar-refractivity contribution is 6.04. The Morgan fingerprint density at radius 2 is 2.00 bits per heavy atom. The maximum absolute atomic E-state index is 12.4. The molecule has 1 fully saturated rings. The number of nitrogens with zero attached hydrogens (tertiary/aromatic N) is 4. The van der Waals surface area contributed by atoms with Crippen LogP contribution in [0.4, 0.5) is 4.79 Å². The highest BCUT2D eigenvalue weighted by Gasteiger charge is 2.37. The molecule has 9 heteroatoms. The number of carbonyl (C=O) groups excluding carboxylic acids is 2. The number of para-hydroxylation sites is 1. The van der Waals surface area contributed by atoms with Gasteiger partial charge in [0.05, 0.1) is 25.5 Å². The van der Waals surface area contributed by atoms with Crippen LogP contribution in [-0.4, -0.2) is 62.7 Å². The van der Waals surface area contributed by atoms with Gasteiger partial charge >= 0.3 is 6.03 Å². The SMILES string of the molecule is O=C1NC(Cc2cn(CCO)nn2)C(=O)N1CCCOc1ccccc1. The standard InChI is InChI=1S/C17H21N5O4/c23-9-8-21-12-13(19-20-21)11-15-16(24)22(17(25)18-15)7-4-10-26-14-5-2-1-3-6-14/h1-3,5-6,12,15,23H,4,7-11H2,(H,18,25). The van der Waals surface area contributed by atoms with Crippen LogP contribution in [0, 0.1) is 0 Å². The van der Waals surface area contributed by atoms with Crippen LogP contribution in [0.15, 0.2) is 36.5 Å². The van der Waals surface area contributed by atoms with E-state index < -0.39 is 12.1 Å². The van der Waals surface area contributed by atoms with Crippen LogP contribution in [0.2, 0.25) is 0 Å². The van der Waals surface area contributed by atoms with Crippen LogP contribution in [0.25, 0.3) is 0 Å². The molecule has 2 aromatic rings. The number of carbonyl (C=O) groups is 2. The Hall–Kier alpha value is -2.94. The van der Waals surface area contributed by atoms with Crippen molar-refractivity contribution < 1.29 is 19.4 Å². The van der Waals surface area contributed by atoms with E-state index >= 15 is 0 Å². The Labute approximate surface area is 150 Å². The van der Waals surface area contributed by atoms with Gasteiger partial charge in [0.1, 0.15) is 11.8 Å². The van der Waals surface area contributed by atoms with Gasteiger partial charge in [0.2, 0.25) is 0 Å². The van der Waals surface area contributed by atoms with Gasteiger partial charge < -0.3 is 15.2 Å². The monoisotopic (exact) mass is 359 g/mol. The van der Waals surface area contributed by atoms with E-state index in [0.717, 1.165) is 5.75 Å². The van der Waals surface area contributed by atoms with Crippen molar-refractivity contribution in [3.05, 3.63) is 42.2 Å². The largest absolute Gasteiger partial charge is 0.494 e. The molecule has 1 saturated heterocycles. The molecule has 3 amide bonds. The lowest BCUT2D eigenvalue weighted by Crippen LogP contribution is -2.33. The highest BCUT2D eigenvalue weighted by Crippen LogP contribution is 2.12. The molecule has 9 nitrogen and oxygen atoms in total. The molecule has 0 saturated carbocycles. The quantitative estimate of drug-likeness (QED) is 0.489. The van der Waals surface area contributed by atoms with E-state index in [1.807, 2.05) is 30.3 Å². The molecule has 0 bridgehead atoms. The van der Waals surface area contributed by atoms with Crippen LogP contribution in [0.3, 0.4) is 0 Å². The zero-order chi connectivity index (χ0) is 18.4. The van der Waals surface area contributed by atoms with Crippen molar-refractivity contribution in [2.45, 2.75) is 25.4 Å². The number of amides is 3. The fraction of sp³-hybridized carbons (Fsp3) is 0.412. The predicted molar refractivity (Wildman–Crippen MR) is 91.4 cm³/mol. The summed E-state index contributed by atoms with van der Waals surface area (Å²) in [7, 11) is 0. The molecule has 2 N–H and O–H groups in total. The molecular weight excluding hydrogens is 338 g/mol.